The standard InChI is InChI=1S/C15H21FN2O/c16-14-7-12(8-17-9-14)10-18-6-5-15(19)4-2-1-3-13(15)11-18/h7-9,13,19H,1-6,10-11H2. The molecule has 1 saturated heterocycles. The number of hydrogen-bond acceptors (Lipinski definition) is 3. The van der Waals surface area contributed by atoms with Gasteiger partial charge in [-0.25, -0.2) is 4.39 Å². The Labute approximate surface area is 113 Å². The van der Waals surface area contributed by atoms with Crippen LogP contribution >= 0.6 is 0 Å². The zero-order valence-corrected chi connectivity index (χ0v) is 11.2. The molecule has 0 spiro atoms. The predicted octanol–water partition coefficient (Wildman–Crippen LogP) is 2.35. The Morgan fingerprint density at radius 2 is 2.26 bits per heavy atom. The number of fused-ring (bicyclic) bond motifs is 1. The van der Waals surface area contributed by atoms with Gasteiger partial charge < -0.3 is 5.11 Å². The van der Waals surface area contributed by atoms with E-state index in [4.69, 9.17) is 0 Å². The molecule has 2 heterocycles. The monoisotopic (exact) mass is 264 g/mol. The molecule has 0 aromatic carbocycles. The quantitative estimate of drug-likeness (QED) is 0.890. The van der Waals surface area contributed by atoms with E-state index in [9.17, 15) is 9.50 Å². The highest BCUT2D eigenvalue weighted by atomic mass is 19.1. The summed E-state index contributed by atoms with van der Waals surface area (Å²) in [5, 5.41) is 10.6. The van der Waals surface area contributed by atoms with Crippen molar-refractivity contribution in [1.29, 1.82) is 0 Å². The van der Waals surface area contributed by atoms with Crippen LogP contribution in [-0.4, -0.2) is 33.7 Å². The highest BCUT2D eigenvalue weighted by molar-refractivity contribution is 5.10. The molecule has 0 bridgehead atoms. The minimum Gasteiger partial charge on any atom is -0.390 e. The lowest BCUT2D eigenvalue weighted by Crippen LogP contribution is -2.52. The molecule has 1 aromatic rings. The number of aromatic nitrogens is 1. The summed E-state index contributed by atoms with van der Waals surface area (Å²) in [6.45, 7) is 2.55. The number of likely N-dealkylation sites (tertiary alicyclic amines) is 1. The lowest BCUT2D eigenvalue weighted by molar-refractivity contribution is -0.0968. The molecular formula is C15H21FN2O. The molecule has 1 aliphatic heterocycles. The van der Waals surface area contributed by atoms with Crippen LogP contribution in [0, 0.1) is 11.7 Å². The number of piperidine rings is 1. The minimum absolute atomic E-state index is 0.274. The van der Waals surface area contributed by atoms with Gasteiger partial charge in [0.25, 0.3) is 0 Å². The Hall–Kier alpha value is -1.00. The van der Waals surface area contributed by atoms with E-state index in [1.54, 1.807) is 12.3 Å². The molecule has 2 fully saturated rings. The Bertz CT molecular complexity index is 454. The average Bonchev–Trinajstić information content (AvgIpc) is 2.39. The first-order valence-electron chi connectivity index (χ1n) is 7.20. The van der Waals surface area contributed by atoms with E-state index in [0.29, 0.717) is 5.92 Å². The number of rotatable bonds is 2. The molecule has 3 rings (SSSR count). The van der Waals surface area contributed by atoms with Crippen LogP contribution in [0.4, 0.5) is 4.39 Å². The zero-order chi connectivity index (χ0) is 13.3. The van der Waals surface area contributed by atoms with Gasteiger partial charge in [0.1, 0.15) is 5.82 Å². The van der Waals surface area contributed by atoms with E-state index in [1.165, 1.54) is 12.6 Å². The topological polar surface area (TPSA) is 36.4 Å². The summed E-state index contributed by atoms with van der Waals surface area (Å²) in [6, 6.07) is 1.55. The maximum atomic E-state index is 13.1. The number of aliphatic hydroxyl groups is 1. The molecule has 0 radical (unpaired) electrons. The van der Waals surface area contributed by atoms with E-state index < -0.39 is 5.60 Å². The number of pyridine rings is 1. The first-order valence-corrected chi connectivity index (χ1v) is 7.20. The van der Waals surface area contributed by atoms with Gasteiger partial charge >= 0.3 is 0 Å². The van der Waals surface area contributed by atoms with Crippen molar-refractivity contribution < 1.29 is 9.50 Å². The van der Waals surface area contributed by atoms with Gasteiger partial charge in [0, 0.05) is 31.7 Å². The van der Waals surface area contributed by atoms with Crippen molar-refractivity contribution >= 4 is 0 Å². The van der Waals surface area contributed by atoms with Gasteiger partial charge in [0.15, 0.2) is 0 Å². The van der Waals surface area contributed by atoms with Gasteiger partial charge in [-0.2, -0.15) is 0 Å². The summed E-state index contributed by atoms with van der Waals surface area (Å²) in [5.41, 5.74) is 0.482. The van der Waals surface area contributed by atoms with E-state index in [2.05, 4.69) is 9.88 Å². The van der Waals surface area contributed by atoms with Gasteiger partial charge in [-0.3, -0.25) is 9.88 Å². The molecule has 1 saturated carbocycles. The summed E-state index contributed by atoms with van der Waals surface area (Å²) >= 11 is 0. The highest BCUT2D eigenvalue weighted by Crippen LogP contribution is 2.39. The summed E-state index contributed by atoms with van der Waals surface area (Å²) in [4.78, 5) is 6.21. The minimum atomic E-state index is -0.436. The maximum Gasteiger partial charge on any atom is 0.141 e. The van der Waals surface area contributed by atoms with Crippen molar-refractivity contribution in [3.8, 4) is 0 Å². The second-order valence-electron chi connectivity index (χ2n) is 6.04. The van der Waals surface area contributed by atoms with Gasteiger partial charge in [-0.15, -0.1) is 0 Å². The average molecular weight is 264 g/mol. The first kappa shape index (κ1) is 13.0. The smallest absolute Gasteiger partial charge is 0.141 e. The fraction of sp³-hybridized carbons (Fsp3) is 0.667. The molecular weight excluding hydrogens is 243 g/mol. The van der Waals surface area contributed by atoms with Crippen LogP contribution in [0.25, 0.3) is 0 Å². The van der Waals surface area contributed by atoms with Crippen molar-refractivity contribution in [1.82, 2.24) is 9.88 Å². The van der Waals surface area contributed by atoms with Crippen molar-refractivity contribution in [2.45, 2.75) is 44.2 Å². The normalized spacial score (nSPS) is 32.0. The van der Waals surface area contributed by atoms with Crippen LogP contribution in [0.3, 0.4) is 0 Å². The second kappa shape index (κ2) is 5.17. The lowest BCUT2D eigenvalue weighted by Gasteiger charge is -2.47. The van der Waals surface area contributed by atoms with Crippen molar-refractivity contribution in [2.75, 3.05) is 13.1 Å². The molecule has 19 heavy (non-hydrogen) atoms. The Balaban J connectivity index is 1.65. The van der Waals surface area contributed by atoms with Gasteiger partial charge in [0.2, 0.25) is 0 Å². The summed E-state index contributed by atoms with van der Waals surface area (Å²) in [6.07, 6.45) is 8.26. The molecule has 4 heteroatoms. The molecule has 2 atom stereocenters. The number of nitrogens with zero attached hydrogens (tertiary/aromatic N) is 2. The molecule has 3 nitrogen and oxygen atoms in total. The largest absolute Gasteiger partial charge is 0.390 e. The summed E-state index contributed by atoms with van der Waals surface area (Å²) < 4.78 is 13.1. The Morgan fingerprint density at radius 3 is 3.11 bits per heavy atom. The summed E-state index contributed by atoms with van der Waals surface area (Å²) in [5.74, 6) is 0.111. The van der Waals surface area contributed by atoms with Crippen LogP contribution in [-0.2, 0) is 6.54 Å². The predicted molar refractivity (Wildman–Crippen MR) is 71.0 cm³/mol. The van der Waals surface area contributed by atoms with Crippen LogP contribution < -0.4 is 0 Å². The lowest BCUT2D eigenvalue weighted by atomic mass is 9.71. The molecule has 104 valence electrons. The third-order valence-corrected chi connectivity index (χ3v) is 4.68. The SMILES string of the molecule is OC12CCCCC1CN(Cc1cncc(F)c1)CC2. The third kappa shape index (κ3) is 2.79. The highest BCUT2D eigenvalue weighted by Gasteiger charge is 2.42. The molecule has 2 aliphatic rings. The van der Waals surface area contributed by atoms with Gasteiger partial charge in [-0.1, -0.05) is 12.8 Å². The van der Waals surface area contributed by atoms with E-state index in [1.807, 2.05) is 0 Å². The number of hydrogen-bond donors (Lipinski definition) is 1. The van der Waals surface area contributed by atoms with Crippen LogP contribution in [0.15, 0.2) is 18.5 Å². The Morgan fingerprint density at radius 1 is 1.37 bits per heavy atom. The van der Waals surface area contributed by atoms with E-state index in [0.717, 1.165) is 50.9 Å². The fourth-order valence-electron chi connectivity index (χ4n) is 3.58. The molecule has 2 unspecified atom stereocenters. The van der Waals surface area contributed by atoms with Crippen LogP contribution in [0.2, 0.25) is 0 Å². The molecule has 1 aliphatic carbocycles. The van der Waals surface area contributed by atoms with Gasteiger partial charge in [0.05, 0.1) is 11.8 Å². The maximum absolute atomic E-state index is 13.1. The third-order valence-electron chi connectivity index (χ3n) is 4.68. The molecule has 1 aromatic heterocycles. The van der Waals surface area contributed by atoms with Crippen molar-refractivity contribution in [3.05, 3.63) is 29.8 Å². The Kier molecular flexibility index (Phi) is 3.54. The number of halogens is 1. The first-order chi connectivity index (χ1) is 9.16. The fourth-order valence-corrected chi connectivity index (χ4v) is 3.58. The molecule has 1 N–H and O–H groups in total. The summed E-state index contributed by atoms with van der Waals surface area (Å²) in [7, 11) is 0. The zero-order valence-electron chi connectivity index (χ0n) is 11.2. The molecule has 0 amide bonds. The second-order valence-corrected chi connectivity index (χ2v) is 6.04. The van der Waals surface area contributed by atoms with Gasteiger partial charge in [-0.05, 0) is 30.9 Å². The van der Waals surface area contributed by atoms with E-state index in [-0.39, 0.29) is 5.82 Å². The van der Waals surface area contributed by atoms with E-state index >= 15 is 0 Å². The van der Waals surface area contributed by atoms with Crippen molar-refractivity contribution in [3.63, 3.8) is 0 Å². The van der Waals surface area contributed by atoms with Crippen molar-refractivity contribution in [2.24, 2.45) is 5.92 Å². The van der Waals surface area contributed by atoms with Crippen LogP contribution in [0.5, 0.6) is 0 Å². The van der Waals surface area contributed by atoms with Crippen LogP contribution in [0.1, 0.15) is 37.7 Å².